The molecule has 98 valence electrons. The Morgan fingerprint density at radius 2 is 2.00 bits per heavy atom. The fourth-order valence-corrected chi connectivity index (χ4v) is 5.08. The van der Waals surface area contributed by atoms with E-state index in [1.54, 1.807) is 0 Å². The maximum Gasteiger partial charge on any atom is 0.306 e. The second-order valence-electron chi connectivity index (χ2n) is 6.49. The number of nitrogens with zero attached hydrogens (tertiary/aromatic N) is 1. The van der Waals surface area contributed by atoms with Gasteiger partial charge in [0, 0.05) is 0 Å². The Morgan fingerprint density at radius 1 is 1.33 bits per heavy atom. The number of hydrogen-bond acceptors (Lipinski definition) is 3. The summed E-state index contributed by atoms with van der Waals surface area (Å²) in [5, 5.41) is 9.64. The molecule has 3 unspecified atom stereocenters. The van der Waals surface area contributed by atoms with E-state index >= 15 is 0 Å². The van der Waals surface area contributed by atoms with E-state index in [1.165, 1.54) is 19.3 Å². The fourth-order valence-electron chi connectivity index (χ4n) is 5.08. The first-order valence-corrected chi connectivity index (χ1v) is 7.23. The van der Waals surface area contributed by atoms with Crippen LogP contribution in [-0.2, 0) is 9.53 Å². The Balaban J connectivity index is 1.80. The molecular weight excluding hydrogens is 226 g/mol. The summed E-state index contributed by atoms with van der Waals surface area (Å²) in [6.07, 6.45) is 6.33. The minimum atomic E-state index is -0.207. The van der Waals surface area contributed by atoms with E-state index in [0.717, 1.165) is 24.7 Å². The van der Waals surface area contributed by atoms with Gasteiger partial charge in [-0.2, -0.15) is 5.26 Å². The lowest BCUT2D eigenvalue weighted by Crippen LogP contribution is -2.52. The van der Waals surface area contributed by atoms with Gasteiger partial charge >= 0.3 is 5.97 Å². The first-order valence-electron chi connectivity index (χ1n) is 7.23. The van der Waals surface area contributed by atoms with Crippen molar-refractivity contribution in [2.45, 2.75) is 45.4 Å². The summed E-state index contributed by atoms with van der Waals surface area (Å²) in [6.45, 7) is 2.29. The molecule has 0 radical (unpaired) electrons. The van der Waals surface area contributed by atoms with Crippen LogP contribution in [0, 0.1) is 40.4 Å². The summed E-state index contributed by atoms with van der Waals surface area (Å²) in [5.74, 6) is 2.25. The van der Waals surface area contributed by atoms with Gasteiger partial charge in [0.1, 0.15) is 0 Å². The van der Waals surface area contributed by atoms with E-state index < -0.39 is 0 Å². The van der Waals surface area contributed by atoms with Crippen molar-refractivity contribution in [2.75, 3.05) is 6.61 Å². The molecule has 0 saturated heterocycles. The van der Waals surface area contributed by atoms with Crippen LogP contribution in [0.1, 0.15) is 45.4 Å². The Hall–Kier alpha value is -1.04. The molecule has 4 aliphatic rings. The van der Waals surface area contributed by atoms with Gasteiger partial charge in [0.2, 0.25) is 0 Å². The van der Waals surface area contributed by atoms with Gasteiger partial charge in [0.05, 0.1) is 24.5 Å². The van der Waals surface area contributed by atoms with E-state index in [1.807, 2.05) is 6.92 Å². The van der Waals surface area contributed by atoms with Crippen molar-refractivity contribution in [3.63, 3.8) is 0 Å². The fraction of sp³-hybridized carbons (Fsp3) is 0.867. The van der Waals surface area contributed by atoms with Crippen LogP contribution in [0.2, 0.25) is 0 Å². The van der Waals surface area contributed by atoms with Crippen LogP contribution in [0.25, 0.3) is 0 Å². The number of hydrogen-bond donors (Lipinski definition) is 0. The minimum absolute atomic E-state index is 0.107. The molecule has 4 bridgehead atoms. The molecule has 18 heavy (non-hydrogen) atoms. The molecule has 4 rings (SSSR count). The van der Waals surface area contributed by atoms with Crippen LogP contribution >= 0.6 is 0 Å². The molecule has 0 aromatic rings. The maximum absolute atomic E-state index is 11.8. The van der Waals surface area contributed by atoms with Gasteiger partial charge in [-0.3, -0.25) is 4.79 Å². The molecule has 0 aliphatic heterocycles. The number of carbonyl (C=O) groups excluding carboxylic acids is 1. The Labute approximate surface area is 108 Å². The van der Waals surface area contributed by atoms with Crippen LogP contribution in [0.15, 0.2) is 0 Å². The van der Waals surface area contributed by atoms with Gasteiger partial charge in [0.25, 0.3) is 0 Å². The maximum atomic E-state index is 11.8. The lowest BCUT2D eigenvalue weighted by atomic mass is 9.45. The number of rotatable bonds is 3. The summed E-state index contributed by atoms with van der Waals surface area (Å²) < 4.78 is 5.09. The molecule has 4 fully saturated rings. The van der Waals surface area contributed by atoms with Crippen LogP contribution in [0.3, 0.4) is 0 Å². The summed E-state index contributed by atoms with van der Waals surface area (Å²) in [6, 6.07) is 2.60. The highest BCUT2D eigenvalue weighted by atomic mass is 16.5. The monoisotopic (exact) mass is 247 g/mol. The van der Waals surface area contributed by atoms with Gasteiger partial charge in [-0.05, 0) is 62.7 Å². The van der Waals surface area contributed by atoms with Gasteiger partial charge in [-0.25, -0.2) is 0 Å². The van der Waals surface area contributed by atoms with Crippen molar-refractivity contribution in [1.82, 2.24) is 0 Å². The average Bonchev–Trinajstić information content (AvgIpc) is 2.33. The molecule has 4 saturated carbocycles. The summed E-state index contributed by atoms with van der Waals surface area (Å²) >= 11 is 0. The number of esters is 1. The average molecular weight is 247 g/mol. The van der Waals surface area contributed by atoms with E-state index in [2.05, 4.69) is 6.07 Å². The van der Waals surface area contributed by atoms with E-state index in [4.69, 9.17) is 4.74 Å². The molecular formula is C15H21NO2. The molecule has 0 N–H and O–H groups in total. The number of ether oxygens (including phenoxy) is 1. The van der Waals surface area contributed by atoms with Gasteiger partial charge < -0.3 is 4.74 Å². The predicted molar refractivity (Wildman–Crippen MR) is 66.3 cm³/mol. The number of carbonyl (C=O) groups is 1. The second kappa shape index (κ2) is 4.26. The highest BCUT2D eigenvalue weighted by Gasteiger charge is 2.57. The Bertz CT molecular complexity index is 384. The molecule has 0 aromatic heterocycles. The summed E-state index contributed by atoms with van der Waals surface area (Å²) in [5.41, 5.74) is -0.207. The Morgan fingerprint density at radius 3 is 2.56 bits per heavy atom. The normalized spacial score (nSPS) is 44.7. The minimum Gasteiger partial charge on any atom is -0.466 e. The third-order valence-electron chi connectivity index (χ3n) is 5.44. The van der Waals surface area contributed by atoms with Crippen molar-refractivity contribution < 1.29 is 9.53 Å². The summed E-state index contributed by atoms with van der Waals surface area (Å²) in [7, 11) is 0. The number of nitriles is 1. The first-order chi connectivity index (χ1) is 8.66. The zero-order valence-corrected chi connectivity index (χ0v) is 11.0. The zero-order chi connectivity index (χ0) is 12.8. The lowest BCUT2D eigenvalue weighted by Gasteiger charge is -2.58. The molecule has 3 heteroatoms. The van der Waals surface area contributed by atoms with Crippen molar-refractivity contribution in [3.05, 3.63) is 0 Å². The molecule has 0 amide bonds. The standard InChI is InChI=1S/C15H21NO2/c1-2-18-14(17)6-13-12-4-10-3-11(5-12)8-15(13,7-10)9-16/h10-13H,2-8H2,1H3. The highest BCUT2D eigenvalue weighted by Crippen LogP contribution is 2.63. The quantitative estimate of drug-likeness (QED) is 0.720. The van der Waals surface area contributed by atoms with E-state index in [0.29, 0.717) is 18.9 Å². The predicted octanol–water partition coefficient (Wildman–Crippen LogP) is 2.91. The molecule has 3 nitrogen and oxygen atoms in total. The molecule has 0 heterocycles. The third kappa shape index (κ3) is 1.74. The Kier molecular flexibility index (Phi) is 2.84. The highest BCUT2D eigenvalue weighted by molar-refractivity contribution is 5.70. The van der Waals surface area contributed by atoms with Crippen LogP contribution in [-0.4, -0.2) is 12.6 Å². The topological polar surface area (TPSA) is 50.1 Å². The lowest BCUT2D eigenvalue weighted by molar-refractivity contribution is -0.151. The van der Waals surface area contributed by atoms with Crippen LogP contribution < -0.4 is 0 Å². The molecule has 0 spiro atoms. The molecule has 3 atom stereocenters. The molecule has 0 aromatic carbocycles. The molecule has 4 aliphatic carbocycles. The zero-order valence-electron chi connectivity index (χ0n) is 11.0. The van der Waals surface area contributed by atoms with E-state index in [-0.39, 0.29) is 17.3 Å². The SMILES string of the molecule is CCOC(=O)CC1C2CC3CC(C2)CC1(C#N)C3. The second-order valence-corrected chi connectivity index (χ2v) is 6.49. The van der Waals surface area contributed by atoms with Gasteiger partial charge in [-0.15, -0.1) is 0 Å². The summed E-state index contributed by atoms with van der Waals surface area (Å²) in [4.78, 5) is 11.8. The van der Waals surface area contributed by atoms with Gasteiger partial charge in [0.15, 0.2) is 0 Å². The van der Waals surface area contributed by atoms with Crippen molar-refractivity contribution >= 4 is 5.97 Å². The van der Waals surface area contributed by atoms with Crippen molar-refractivity contribution in [3.8, 4) is 6.07 Å². The smallest absolute Gasteiger partial charge is 0.306 e. The largest absolute Gasteiger partial charge is 0.466 e. The van der Waals surface area contributed by atoms with Gasteiger partial charge in [-0.1, -0.05) is 0 Å². The van der Waals surface area contributed by atoms with Crippen molar-refractivity contribution in [1.29, 1.82) is 5.26 Å². The van der Waals surface area contributed by atoms with Crippen LogP contribution in [0.5, 0.6) is 0 Å². The van der Waals surface area contributed by atoms with Crippen LogP contribution in [0.4, 0.5) is 0 Å². The van der Waals surface area contributed by atoms with E-state index in [9.17, 15) is 10.1 Å². The third-order valence-corrected chi connectivity index (χ3v) is 5.44. The van der Waals surface area contributed by atoms with Crippen molar-refractivity contribution in [2.24, 2.45) is 29.1 Å². The first kappa shape index (κ1) is 12.0.